The minimum Gasteiger partial charge on any atom is -0.477 e. The van der Waals surface area contributed by atoms with E-state index < -0.39 is 5.97 Å². The largest absolute Gasteiger partial charge is 0.477 e. The molecule has 0 saturated carbocycles. The average molecular weight is 339 g/mol. The molecular weight excluding hydrogens is 316 g/mol. The Morgan fingerprint density at radius 2 is 2.04 bits per heavy atom. The molecule has 23 heavy (non-hydrogen) atoms. The number of hydrogen-bond acceptors (Lipinski definition) is 4. The highest BCUT2D eigenvalue weighted by Crippen LogP contribution is 2.34. The average Bonchev–Trinajstić information content (AvgIpc) is 2.90. The lowest BCUT2D eigenvalue weighted by atomic mass is 9.99. The van der Waals surface area contributed by atoms with E-state index in [1.54, 1.807) is 4.52 Å². The van der Waals surface area contributed by atoms with Crippen LogP contribution < -0.4 is 5.32 Å². The van der Waals surface area contributed by atoms with E-state index in [9.17, 15) is 9.90 Å². The summed E-state index contributed by atoms with van der Waals surface area (Å²) in [5, 5.41) is 17.3. The fourth-order valence-corrected chi connectivity index (χ4v) is 2.65. The van der Waals surface area contributed by atoms with Crippen molar-refractivity contribution >= 4 is 29.0 Å². The number of aromatic nitrogens is 3. The zero-order valence-corrected chi connectivity index (χ0v) is 14.8. The van der Waals surface area contributed by atoms with Crippen molar-refractivity contribution in [3.05, 3.63) is 22.5 Å². The molecule has 0 aliphatic heterocycles. The summed E-state index contributed by atoms with van der Waals surface area (Å²) in [5.74, 6) is 0.237. The molecule has 2 rings (SSSR count). The van der Waals surface area contributed by atoms with E-state index in [-0.39, 0.29) is 23.2 Å². The van der Waals surface area contributed by atoms with Crippen molar-refractivity contribution < 1.29 is 9.90 Å². The summed E-state index contributed by atoms with van der Waals surface area (Å²) in [5.41, 5.74) is 1.17. The molecule has 7 heteroatoms. The first kappa shape index (κ1) is 17.5. The first-order chi connectivity index (χ1) is 10.8. The van der Waals surface area contributed by atoms with Gasteiger partial charge in [0, 0.05) is 11.6 Å². The Balaban J connectivity index is 2.73. The monoisotopic (exact) mass is 338 g/mol. The molecule has 0 saturated heterocycles. The van der Waals surface area contributed by atoms with Gasteiger partial charge in [-0.15, -0.1) is 0 Å². The molecule has 2 N–H and O–H groups in total. The van der Waals surface area contributed by atoms with Crippen molar-refractivity contribution in [3.63, 3.8) is 0 Å². The van der Waals surface area contributed by atoms with Crippen LogP contribution in [0.4, 0.5) is 5.82 Å². The maximum absolute atomic E-state index is 11.3. The van der Waals surface area contributed by atoms with Crippen LogP contribution in [0.5, 0.6) is 0 Å². The predicted molar refractivity (Wildman–Crippen MR) is 91.6 cm³/mol. The molecule has 0 spiro atoms. The summed E-state index contributed by atoms with van der Waals surface area (Å²) in [4.78, 5) is 15.6. The van der Waals surface area contributed by atoms with Crippen molar-refractivity contribution in [2.45, 2.75) is 53.0 Å². The first-order valence-electron chi connectivity index (χ1n) is 7.84. The zero-order valence-electron chi connectivity index (χ0n) is 14.1. The molecule has 0 fully saturated rings. The van der Waals surface area contributed by atoms with E-state index >= 15 is 0 Å². The number of nitrogens with one attached hydrogen (secondary N) is 1. The third-order valence-corrected chi connectivity index (χ3v) is 4.63. The standard InChI is InChI=1S/C16H23ClN4O2/c1-6-9(4)12-13(17)20-14-11(16(22)23)7-18-21(14)15(12)19-10(5)8(2)3/h7-10,19H,6H2,1-5H3,(H,22,23)/t9?,10-/m1/s1. The minimum atomic E-state index is -1.07. The molecule has 126 valence electrons. The third-order valence-electron chi connectivity index (χ3n) is 4.34. The maximum atomic E-state index is 11.3. The number of halogens is 1. The Labute approximate surface area is 140 Å². The van der Waals surface area contributed by atoms with E-state index in [4.69, 9.17) is 11.6 Å². The lowest BCUT2D eigenvalue weighted by molar-refractivity contribution is 0.0699. The van der Waals surface area contributed by atoms with Crippen molar-refractivity contribution in [1.82, 2.24) is 14.6 Å². The summed E-state index contributed by atoms with van der Waals surface area (Å²) < 4.78 is 1.55. The number of rotatable bonds is 6. The van der Waals surface area contributed by atoms with Crippen molar-refractivity contribution in [2.75, 3.05) is 5.32 Å². The van der Waals surface area contributed by atoms with Gasteiger partial charge in [0.15, 0.2) is 5.65 Å². The molecule has 2 heterocycles. The topological polar surface area (TPSA) is 79.5 Å². The van der Waals surface area contributed by atoms with Gasteiger partial charge in [0.1, 0.15) is 16.5 Å². The van der Waals surface area contributed by atoms with Crippen LogP contribution in [-0.2, 0) is 0 Å². The Kier molecular flexibility index (Phi) is 5.14. The van der Waals surface area contributed by atoms with Crippen LogP contribution >= 0.6 is 11.6 Å². The first-order valence-corrected chi connectivity index (χ1v) is 8.22. The van der Waals surface area contributed by atoms with E-state index in [0.717, 1.165) is 17.8 Å². The van der Waals surface area contributed by atoms with Gasteiger partial charge >= 0.3 is 5.97 Å². The molecule has 2 aromatic rings. The van der Waals surface area contributed by atoms with Crippen LogP contribution in [0, 0.1) is 5.92 Å². The second kappa shape index (κ2) is 6.74. The van der Waals surface area contributed by atoms with E-state index in [2.05, 4.69) is 50.0 Å². The van der Waals surface area contributed by atoms with Crippen LogP contribution in [0.15, 0.2) is 6.20 Å². The molecule has 0 aliphatic carbocycles. The van der Waals surface area contributed by atoms with Gasteiger partial charge in [-0.1, -0.05) is 39.3 Å². The highest BCUT2D eigenvalue weighted by Gasteiger charge is 2.24. The quantitative estimate of drug-likeness (QED) is 0.777. The number of fused-ring (bicyclic) bond motifs is 1. The maximum Gasteiger partial charge on any atom is 0.341 e. The normalized spacial score (nSPS) is 14.2. The van der Waals surface area contributed by atoms with Gasteiger partial charge < -0.3 is 10.4 Å². The molecule has 2 aromatic heterocycles. The highest BCUT2D eigenvalue weighted by molar-refractivity contribution is 6.30. The molecule has 0 aromatic carbocycles. The van der Waals surface area contributed by atoms with Crippen LogP contribution in [0.2, 0.25) is 5.15 Å². The molecule has 0 radical (unpaired) electrons. The lowest BCUT2D eigenvalue weighted by Crippen LogP contribution is -2.25. The van der Waals surface area contributed by atoms with E-state index in [1.807, 2.05) is 0 Å². The zero-order chi connectivity index (χ0) is 17.3. The fraction of sp³-hybridized carbons (Fsp3) is 0.562. The summed E-state index contributed by atoms with van der Waals surface area (Å²) in [6.07, 6.45) is 2.21. The van der Waals surface area contributed by atoms with Gasteiger partial charge in [0.05, 0.1) is 6.20 Å². The summed E-state index contributed by atoms with van der Waals surface area (Å²) in [6, 6.07) is 0.178. The molecule has 6 nitrogen and oxygen atoms in total. The van der Waals surface area contributed by atoms with Crippen LogP contribution in [0.3, 0.4) is 0 Å². The van der Waals surface area contributed by atoms with E-state index in [1.165, 1.54) is 6.20 Å². The number of hydrogen-bond donors (Lipinski definition) is 2. The van der Waals surface area contributed by atoms with Crippen LogP contribution in [0.25, 0.3) is 5.65 Å². The van der Waals surface area contributed by atoms with Crippen LogP contribution in [-0.4, -0.2) is 31.7 Å². The Morgan fingerprint density at radius 1 is 1.39 bits per heavy atom. The SMILES string of the molecule is CCC(C)c1c(Cl)nc2c(C(=O)O)cnn2c1N[C@H](C)C(C)C. The van der Waals surface area contributed by atoms with Crippen LogP contribution in [0.1, 0.15) is 62.9 Å². The number of carboxylic acids is 1. The summed E-state index contributed by atoms with van der Waals surface area (Å²) >= 11 is 6.39. The van der Waals surface area contributed by atoms with Crippen molar-refractivity contribution in [1.29, 1.82) is 0 Å². The molecule has 1 unspecified atom stereocenters. The highest BCUT2D eigenvalue weighted by atomic mass is 35.5. The van der Waals surface area contributed by atoms with Gasteiger partial charge in [0.25, 0.3) is 0 Å². The van der Waals surface area contributed by atoms with Gasteiger partial charge in [-0.25, -0.2) is 9.78 Å². The van der Waals surface area contributed by atoms with Gasteiger partial charge in [-0.2, -0.15) is 9.61 Å². The Bertz CT molecular complexity index is 726. The summed E-state index contributed by atoms with van der Waals surface area (Å²) in [6.45, 7) is 10.5. The van der Waals surface area contributed by atoms with Crippen molar-refractivity contribution in [3.8, 4) is 0 Å². The second-order valence-corrected chi connectivity index (χ2v) is 6.61. The second-order valence-electron chi connectivity index (χ2n) is 6.25. The summed E-state index contributed by atoms with van der Waals surface area (Å²) in [7, 11) is 0. The molecule has 0 amide bonds. The number of carboxylic acid groups (broad SMARTS) is 1. The van der Waals surface area contributed by atoms with Gasteiger partial charge in [-0.3, -0.25) is 0 Å². The minimum absolute atomic E-state index is 0.0443. The Hall–Kier alpha value is -1.82. The number of aromatic carboxylic acids is 1. The van der Waals surface area contributed by atoms with Gasteiger partial charge in [-0.05, 0) is 25.2 Å². The van der Waals surface area contributed by atoms with Crippen molar-refractivity contribution in [2.24, 2.45) is 5.92 Å². The number of anilines is 1. The van der Waals surface area contributed by atoms with Gasteiger partial charge in [0.2, 0.25) is 0 Å². The fourth-order valence-electron chi connectivity index (χ4n) is 2.29. The number of nitrogens with zero attached hydrogens (tertiary/aromatic N) is 3. The molecule has 0 bridgehead atoms. The molecule has 2 atom stereocenters. The third kappa shape index (κ3) is 3.27. The lowest BCUT2D eigenvalue weighted by Gasteiger charge is -2.24. The molecule has 0 aliphatic rings. The smallest absolute Gasteiger partial charge is 0.341 e. The predicted octanol–water partition coefficient (Wildman–Crippen LogP) is 4.05. The molecular formula is C16H23ClN4O2. The Morgan fingerprint density at radius 3 is 2.57 bits per heavy atom. The number of carbonyl (C=O) groups is 1. The van der Waals surface area contributed by atoms with E-state index in [0.29, 0.717) is 11.1 Å².